The molecule has 264 valence electrons. The fourth-order valence-corrected chi connectivity index (χ4v) is 7.76. The molecule has 4 atom stereocenters. The highest BCUT2D eigenvalue weighted by Gasteiger charge is 2.34. The Hall–Kier alpha value is -5.61. The van der Waals surface area contributed by atoms with Crippen molar-refractivity contribution in [3.63, 3.8) is 0 Å². The SMILES string of the molecule is COc1cc(CC[C@@H](O)[C@H]2CC3=CCNC(=C3)Nc3ccc4cc(O)cc5c4c3[C@@H](C=C5)C[C@H](c3cc(O)c(O)c(OC)c3)CC2=O)ccc1O. The van der Waals surface area contributed by atoms with E-state index in [4.69, 9.17) is 9.47 Å². The molecule has 2 bridgehead atoms. The Morgan fingerprint density at radius 2 is 1.75 bits per heavy atom. The molecule has 4 aromatic rings. The molecule has 51 heavy (non-hydrogen) atoms. The Morgan fingerprint density at radius 3 is 2.55 bits per heavy atom. The van der Waals surface area contributed by atoms with Crippen molar-refractivity contribution in [3.05, 3.63) is 106 Å². The molecular weight excluding hydrogens is 648 g/mol. The second-order valence-corrected chi connectivity index (χ2v) is 13.6. The van der Waals surface area contributed by atoms with Gasteiger partial charge < -0.3 is 45.6 Å². The fourth-order valence-electron chi connectivity index (χ4n) is 7.76. The number of benzene rings is 4. The molecule has 0 fully saturated rings. The standard InChI is InChI=1S/C41H42N2O8/c1-50-36-14-22(4-10-33(36)46)3-9-32(45)30-13-23-11-12-42-38(15-23)43-31-8-7-26-18-29(44)17-25-6-5-24(40(31)39(25)26)16-27(19-34(30)47)28-20-35(48)41(49)37(21-28)51-2/h4-8,10-11,14-15,17-18,20-21,24,27,30,32,42-46,48-49H,3,9,12-13,16,19H2,1-2H3/t24-,27-,30+,32+/m0/s1. The van der Waals surface area contributed by atoms with E-state index in [0.717, 1.165) is 44.5 Å². The van der Waals surface area contributed by atoms with Gasteiger partial charge in [0, 0.05) is 30.5 Å². The molecule has 10 heteroatoms. The molecule has 4 aromatic carbocycles. The molecule has 7 N–H and O–H groups in total. The average molecular weight is 691 g/mol. The molecule has 0 radical (unpaired) electrons. The Balaban J connectivity index is 1.30. The lowest BCUT2D eigenvalue weighted by atomic mass is 9.75. The van der Waals surface area contributed by atoms with Crippen molar-refractivity contribution in [1.82, 2.24) is 5.32 Å². The number of Topliss-reactive ketones (excluding diaryl/α,β-unsaturated/α-hetero) is 1. The number of hydrogen-bond acceptors (Lipinski definition) is 10. The highest BCUT2D eigenvalue weighted by molar-refractivity contribution is 6.00. The molecule has 10 nitrogen and oxygen atoms in total. The van der Waals surface area contributed by atoms with Gasteiger partial charge in [-0.3, -0.25) is 4.79 Å². The van der Waals surface area contributed by atoms with Crippen LogP contribution in [0.25, 0.3) is 16.8 Å². The van der Waals surface area contributed by atoms with Gasteiger partial charge in [-0.25, -0.2) is 0 Å². The van der Waals surface area contributed by atoms with Crippen LogP contribution in [-0.4, -0.2) is 58.2 Å². The van der Waals surface area contributed by atoms with Crippen LogP contribution in [0.1, 0.15) is 59.8 Å². The summed E-state index contributed by atoms with van der Waals surface area (Å²) in [6.07, 6.45) is 8.75. The molecule has 0 unspecified atom stereocenters. The van der Waals surface area contributed by atoms with E-state index in [0.29, 0.717) is 43.5 Å². The van der Waals surface area contributed by atoms with E-state index >= 15 is 0 Å². The molecule has 7 rings (SSSR count). The highest BCUT2D eigenvalue weighted by atomic mass is 16.5. The number of fused-ring (bicyclic) bond motifs is 1. The van der Waals surface area contributed by atoms with Gasteiger partial charge >= 0.3 is 0 Å². The number of phenolic OH excluding ortho intramolecular Hbond substituents is 4. The van der Waals surface area contributed by atoms with E-state index in [1.165, 1.54) is 20.3 Å². The summed E-state index contributed by atoms with van der Waals surface area (Å²) in [5.74, 6) is -0.770. The van der Waals surface area contributed by atoms with E-state index in [2.05, 4.69) is 16.7 Å². The van der Waals surface area contributed by atoms with Gasteiger partial charge in [0.05, 0.1) is 20.3 Å². The number of rotatable bonds is 7. The van der Waals surface area contributed by atoms with Gasteiger partial charge in [0.1, 0.15) is 17.4 Å². The molecule has 2 heterocycles. The van der Waals surface area contributed by atoms with Gasteiger partial charge in [-0.05, 0) is 119 Å². The van der Waals surface area contributed by atoms with Crippen LogP contribution in [0, 0.1) is 5.92 Å². The number of carbonyl (C=O) groups is 1. The molecule has 0 amide bonds. The zero-order chi connectivity index (χ0) is 35.8. The second-order valence-electron chi connectivity index (χ2n) is 13.6. The van der Waals surface area contributed by atoms with Gasteiger partial charge in [0.25, 0.3) is 0 Å². The number of aromatic hydroxyl groups is 4. The topological polar surface area (TPSA) is 161 Å². The summed E-state index contributed by atoms with van der Waals surface area (Å²) < 4.78 is 10.7. The first-order valence-electron chi connectivity index (χ1n) is 17.2. The largest absolute Gasteiger partial charge is 0.508 e. The average Bonchev–Trinajstić information content (AvgIpc) is 3.12. The van der Waals surface area contributed by atoms with Gasteiger partial charge in [0.15, 0.2) is 23.0 Å². The minimum atomic E-state index is -0.975. The minimum absolute atomic E-state index is 0.0292. The van der Waals surface area contributed by atoms with Gasteiger partial charge in [-0.2, -0.15) is 0 Å². The number of allylic oxidation sites excluding steroid dienone is 3. The normalized spacial score (nSPS) is 20.5. The Labute approximate surface area is 296 Å². The third-order valence-electron chi connectivity index (χ3n) is 10.4. The molecular formula is C41H42N2O8. The number of ketones is 1. The fraction of sp³-hybridized carbons (Fsp3) is 0.293. The lowest BCUT2D eigenvalue weighted by Crippen LogP contribution is -2.31. The van der Waals surface area contributed by atoms with Crippen molar-refractivity contribution in [2.24, 2.45) is 5.92 Å². The van der Waals surface area contributed by atoms with Gasteiger partial charge in [0.2, 0.25) is 5.75 Å². The predicted octanol–water partition coefficient (Wildman–Crippen LogP) is 6.72. The van der Waals surface area contributed by atoms with Crippen molar-refractivity contribution in [3.8, 4) is 34.5 Å². The van der Waals surface area contributed by atoms with E-state index in [9.17, 15) is 30.3 Å². The second kappa shape index (κ2) is 14.0. The van der Waals surface area contributed by atoms with E-state index in [-0.39, 0.29) is 46.9 Å². The number of hydrogen-bond donors (Lipinski definition) is 7. The van der Waals surface area contributed by atoms with Crippen LogP contribution in [-0.2, 0) is 11.2 Å². The zero-order valence-corrected chi connectivity index (χ0v) is 28.5. The number of aliphatic hydroxyl groups is 1. The number of aliphatic hydroxyl groups excluding tert-OH is 1. The summed E-state index contributed by atoms with van der Waals surface area (Å²) in [5.41, 5.74) is 5.20. The van der Waals surface area contributed by atoms with Crippen molar-refractivity contribution in [2.75, 3.05) is 26.1 Å². The summed E-state index contributed by atoms with van der Waals surface area (Å²) in [6, 6.07) is 15.7. The summed E-state index contributed by atoms with van der Waals surface area (Å²) in [4.78, 5) is 14.6. The number of nitrogens with one attached hydrogen (secondary N) is 2. The molecule has 0 saturated carbocycles. The molecule has 0 saturated heterocycles. The third-order valence-corrected chi connectivity index (χ3v) is 10.4. The molecule has 2 aliphatic heterocycles. The maximum atomic E-state index is 14.6. The first-order valence-corrected chi connectivity index (χ1v) is 17.2. The first kappa shape index (κ1) is 33.9. The molecule has 0 aromatic heterocycles. The van der Waals surface area contributed by atoms with Crippen LogP contribution < -0.4 is 20.1 Å². The van der Waals surface area contributed by atoms with Crippen LogP contribution in [0.2, 0.25) is 0 Å². The van der Waals surface area contributed by atoms with Gasteiger partial charge in [-0.1, -0.05) is 30.4 Å². The van der Waals surface area contributed by atoms with Crippen molar-refractivity contribution >= 4 is 28.3 Å². The van der Waals surface area contributed by atoms with Crippen molar-refractivity contribution in [1.29, 1.82) is 0 Å². The van der Waals surface area contributed by atoms with Crippen LogP contribution in [0.5, 0.6) is 34.5 Å². The third kappa shape index (κ3) is 6.79. The monoisotopic (exact) mass is 690 g/mol. The van der Waals surface area contributed by atoms with Crippen LogP contribution in [0.4, 0.5) is 5.69 Å². The smallest absolute Gasteiger partial charge is 0.200 e. The van der Waals surface area contributed by atoms with Crippen molar-refractivity contribution in [2.45, 2.75) is 50.0 Å². The van der Waals surface area contributed by atoms with E-state index in [1.54, 1.807) is 36.4 Å². The zero-order valence-electron chi connectivity index (χ0n) is 28.5. The van der Waals surface area contributed by atoms with E-state index in [1.807, 2.05) is 30.4 Å². The number of carbonyl (C=O) groups excluding carboxylic acids is 1. The number of phenols is 4. The highest BCUT2D eigenvalue weighted by Crippen LogP contribution is 2.48. The lowest BCUT2D eigenvalue weighted by Gasteiger charge is -2.29. The van der Waals surface area contributed by atoms with Crippen LogP contribution >= 0.6 is 0 Å². The van der Waals surface area contributed by atoms with Crippen molar-refractivity contribution < 1.29 is 39.8 Å². The molecule has 0 spiro atoms. The first-order chi connectivity index (χ1) is 24.6. The maximum Gasteiger partial charge on any atom is 0.200 e. The van der Waals surface area contributed by atoms with Crippen LogP contribution in [0.3, 0.4) is 0 Å². The number of aryl methyl sites for hydroxylation is 1. The maximum absolute atomic E-state index is 14.6. The molecule has 1 aliphatic carbocycles. The Morgan fingerprint density at radius 1 is 0.922 bits per heavy atom. The molecule has 3 aliphatic rings. The number of dihydropyridines is 1. The summed E-state index contributed by atoms with van der Waals surface area (Å²) in [6.45, 7) is 0.541. The summed E-state index contributed by atoms with van der Waals surface area (Å²) >= 11 is 0. The number of methoxy groups -OCH3 is 2. The summed E-state index contributed by atoms with van der Waals surface area (Å²) in [7, 11) is 2.89. The van der Waals surface area contributed by atoms with E-state index < -0.39 is 17.9 Å². The van der Waals surface area contributed by atoms with Gasteiger partial charge in [-0.15, -0.1) is 0 Å². The number of ether oxygens (including phenoxy) is 2. The summed E-state index contributed by atoms with van der Waals surface area (Å²) in [5, 5.41) is 62.4. The van der Waals surface area contributed by atoms with Crippen LogP contribution in [0.15, 0.2) is 84.2 Å². The minimum Gasteiger partial charge on any atom is -0.508 e. The lowest BCUT2D eigenvalue weighted by molar-refractivity contribution is -0.127. The predicted molar refractivity (Wildman–Crippen MR) is 196 cm³/mol. The quantitative estimate of drug-likeness (QED) is 0.104. The Kier molecular flexibility index (Phi) is 9.27. The Bertz CT molecular complexity index is 2100. The number of anilines is 1.